The SMILES string of the molecule is CC(O)c1ccc(S)c(N)c1. The topological polar surface area (TPSA) is 46.2 Å². The smallest absolute Gasteiger partial charge is 0.0762 e. The highest BCUT2D eigenvalue weighted by Crippen LogP contribution is 2.21. The lowest BCUT2D eigenvalue weighted by Crippen LogP contribution is -1.94. The van der Waals surface area contributed by atoms with E-state index in [0.717, 1.165) is 10.5 Å². The van der Waals surface area contributed by atoms with Crippen LogP contribution in [-0.4, -0.2) is 5.11 Å². The summed E-state index contributed by atoms with van der Waals surface area (Å²) in [5.41, 5.74) is 6.99. The van der Waals surface area contributed by atoms with E-state index in [1.807, 2.05) is 6.07 Å². The Balaban J connectivity index is 3.05. The number of hydrogen-bond acceptors (Lipinski definition) is 3. The Hall–Kier alpha value is -0.670. The molecule has 0 amide bonds. The molecule has 0 aliphatic carbocycles. The molecule has 1 aromatic rings. The van der Waals surface area contributed by atoms with Gasteiger partial charge < -0.3 is 10.8 Å². The van der Waals surface area contributed by atoms with Crippen molar-refractivity contribution in [2.45, 2.75) is 17.9 Å². The molecule has 0 spiro atoms. The highest BCUT2D eigenvalue weighted by atomic mass is 32.1. The molecule has 1 aromatic carbocycles. The number of nitrogens with two attached hydrogens (primary N) is 1. The molecule has 3 heteroatoms. The molecule has 0 bridgehead atoms. The molecule has 11 heavy (non-hydrogen) atoms. The second-order valence-electron chi connectivity index (χ2n) is 2.49. The first-order valence-electron chi connectivity index (χ1n) is 3.37. The van der Waals surface area contributed by atoms with Crippen LogP contribution in [0.5, 0.6) is 0 Å². The second-order valence-corrected chi connectivity index (χ2v) is 2.98. The van der Waals surface area contributed by atoms with Gasteiger partial charge in [-0.25, -0.2) is 0 Å². The molecule has 1 rings (SSSR count). The Kier molecular flexibility index (Phi) is 2.42. The van der Waals surface area contributed by atoms with Crippen molar-refractivity contribution >= 4 is 18.3 Å². The Labute approximate surface area is 71.5 Å². The molecule has 1 unspecified atom stereocenters. The van der Waals surface area contributed by atoms with Crippen LogP contribution in [0.1, 0.15) is 18.6 Å². The summed E-state index contributed by atoms with van der Waals surface area (Å²) in [6.07, 6.45) is -0.466. The van der Waals surface area contributed by atoms with Gasteiger partial charge in [-0.3, -0.25) is 0 Å². The third kappa shape index (κ3) is 1.88. The fraction of sp³-hybridized carbons (Fsp3) is 0.250. The van der Waals surface area contributed by atoms with E-state index >= 15 is 0 Å². The standard InChI is InChI=1S/C8H11NOS/c1-5(10)6-2-3-8(11)7(9)4-6/h2-5,10-11H,9H2,1H3. The molecule has 0 aliphatic rings. The van der Waals surface area contributed by atoms with E-state index in [-0.39, 0.29) is 0 Å². The molecule has 2 nitrogen and oxygen atoms in total. The van der Waals surface area contributed by atoms with Crippen molar-refractivity contribution in [1.82, 2.24) is 0 Å². The molecular formula is C8H11NOS. The maximum atomic E-state index is 9.16. The fourth-order valence-corrected chi connectivity index (χ4v) is 0.972. The number of rotatable bonds is 1. The Morgan fingerprint density at radius 2 is 2.18 bits per heavy atom. The molecule has 0 saturated carbocycles. The fourth-order valence-electron chi connectivity index (χ4n) is 0.833. The van der Waals surface area contributed by atoms with Crippen molar-refractivity contribution in [3.05, 3.63) is 23.8 Å². The Morgan fingerprint density at radius 3 is 2.64 bits per heavy atom. The molecule has 0 heterocycles. The van der Waals surface area contributed by atoms with Gasteiger partial charge >= 0.3 is 0 Å². The average Bonchev–Trinajstić information content (AvgIpc) is 1.94. The molecule has 0 aromatic heterocycles. The van der Waals surface area contributed by atoms with Crippen LogP contribution in [0.2, 0.25) is 0 Å². The van der Waals surface area contributed by atoms with Gasteiger partial charge in [-0.1, -0.05) is 6.07 Å². The van der Waals surface area contributed by atoms with E-state index in [4.69, 9.17) is 10.8 Å². The number of aliphatic hydroxyl groups is 1. The number of aliphatic hydroxyl groups excluding tert-OH is 1. The van der Waals surface area contributed by atoms with Crippen LogP contribution in [0.15, 0.2) is 23.1 Å². The van der Waals surface area contributed by atoms with Crippen molar-refractivity contribution < 1.29 is 5.11 Å². The zero-order chi connectivity index (χ0) is 8.43. The summed E-state index contributed by atoms with van der Waals surface area (Å²) in [4.78, 5) is 0.745. The van der Waals surface area contributed by atoms with Gasteiger partial charge in [-0.2, -0.15) is 0 Å². The van der Waals surface area contributed by atoms with Gasteiger partial charge in [0.15, 0.2) is 0 Å². The largest absolute Gasteiger partial charge is 0.398 e. The van der Waals surface area contributed by atoms with Crippen LogP contribution in [0.25, 0.3) is 0 Å². The second kappa shape index (κ2) is 3.15. The van der Waals surface area contributed by atoms with Gasteiger partial charge in [0.05, 0.1) is 6.10 Å². The molecule has 0 saturated heterocycles. The van der Waals surface area contributed by atoms with E-state index in [1.165, 1.54) is 0 Å². The van der Waals surface area contributed by atoms with Gasteiger partial charge in [-0.05, 0) is 24.6 Å². The molecule has 60 valence electrons. The molecule has 0 fully saturated rings. The summed E-state index contributed by atoms with van der Waals surface area (Å²) in [5, 5.41) is 9.16. The van der Waals surface area contributed by atoms with E-state index in [9.17, 15) is 0 Å². The summed E-state index contributed by atoms with van der Waals surface area (Å²) in [7, 11) is 0. The Morgan fingerprint density at radius 1 is 1.55 bits per heavy atom. The minimum Gasteiger partial charge on any atom is -0.398 e. The maximum Gasteiger partial charge on any atom is 0.0762 e. The predicted octanol–water partition coefficient (Wildman–Crippen LogP) is 1.61. The number of anilines is 1. The molecule has 1 atom stereocenters. The van der Waals surface area contributed by atoms with Crippen LogP contribution in [0.4, 0.5) is 5.69 Å². The lowest BCUT2D eigenvalue weighted by molar-refractivity contribution is 0.199. The van der Waals surface area contributed by atoms with Crippen molar-refractivity contribution in [3.8, 4) is 0 Å². The first-order chi connectivity index (χ1) is 5.11. The summed E-state index contributed by atoms with van der Waals surface area (Å²) in [6, 6.07) is 5.32. The van der Waals surface area contributed by atoms with Crippen molar-refractivity contribution in [3.63, 3.8) is 0 Å². The van der Waals surface area contributed by atoms with Crippen molar-refractivity contribution in [2.24, 2.45) is 0 Å². The van der Waals surface area contributed by atoms with Crippen LogP contribution in [0.3, 0.4) is 0 Å². The van der Waals surface area contributed by atoms with Gasteiger partial charge in [0, 0.05) is 10.6 Å². The van der Waals surface area contributed by atoms with Gasteiger partial charge in [0.25, 0.3) is 0 Å². The number of nitrogen functional groups attached to an aromatic ring is 1. The van der Waals surface area contributed by atoms with Gasteiger partial charge in [0.1, 0.15) is 0 Å². The molecular weight excluding hydrogens is 158 g/mol. The zero-order valence-electron chi connectivity index (χ0n) is 6.28. The van der Waals surface area contributed by atoms with Crippen molar-refractivity contribution in [1.29, 1.82) is 0 Å². The average molecular weight is 169 g/mol. The third-order valence-corrected chi connectivity index (χ3v) is 1.94. The summed E-state index contributed by atoms with van der Waals surface area (Å²) in [5.74, 6) is 0. The summed E-state index contributed by atoms with van der Waals surface area (Å²) in [6.45, 7) is 1.70. The quantitative estimate of drug-likeness (QED) is 0.442. The Bertz CT molecular complexity index is 260. The van der Waals surface area contributed by atoms with Crippen LogP contribution in [-0.2, 0) is 0 Å². The van der Waals surface area contributed by atoms with Crippen molar-refractivity contribution in [2.75, 3.05) is 5.73 Å². The lowest BCUT2D eigenvalue weighted by Gasteiger charge is -2.06. The minimum absolute atomic E-state index is 0.466. The van der Waals surface area contributed by atoms with E-state index < -0.39 is 6.10 Å². The van der Waals surface area contributed by atoms with Crippen LogP contribution < -0.4 is 5.73 Å². The van der Waals surface area contributed by atoms with E-state index in [2.05, 4.69) is 12.6 Å². The summed E-state index contributed by atoms with van der Waals surface area (Å²) >= 11 is 4.11. The van der Waals surface area contributed by atoms with Crippen LogP contribution >= 0.6 is 12.6 Å². The third-order valence-electron chi connectivity index (χ3n) is 1.53. The highest BCUT2D eigenvalue weighted by molar-refractivity contribution is 7.80. The monoisotopic (exact) mass is 169 g/mol. The first-order valence-corrected chi connectivity index (χ1v) is 3.82. The molecule has 3 N–H and O–H groups in total. The highest BCUT2D eigenvalue weighted by Gasteiger charge is 2.01. The van der Waals surface area contributed by atoms with Crippen LogP contribution in [0, 0.1) is 0 Å². The first kappa shape index (κ1) is 8.43. The molecule has 0 radical (unpaired) electrons. The normalized spacial score (nSPS) is 13.0. The predicted molar refractivity (Wildman–Crippen MR) is 48.7 cm³/mol. The zero-order valence-corrected chi connectivity index (χ0v) is 7.18. The number of thiol groups is 1. The lowest BCUT2D eigenvalue weighted by atomic mass is 10.1. The minimum atomic E-state index is -0.466. The van der Waals surface area contributed by atoms with E-state index in [1.54, 1.807) is 19.1 Å². The maximum absolute atomic E-state index is 9.16. The van der Waals surface area contributed by atoms with E-state index in [0.29, 0.717) is 5.69 Å². The number of benzene rings is 1. The number of hydrogen-bond donors (Lipinski definition) is 3. The van der Waals surface area contributed by atoms with Gasteiger partial charge in [0.2, 0.25) is 0 Å². The summed E-state index contributed by atoms with van der Waals surface area (Å²) < 4.78 is 0. The van der Waals surface area contributed by atoms with Gasteiger partial charge in [-0.15, -0.1) is 12.6 Å². The molecule has 0 aliphatic heterocycles.